The molecular weight excluding hydrogens is 376 g/mol. The number of piperazine rings is 1. The summed E-state index contributed by atoms with van der Waals surface area (Å²) in [6.45, 7) is 3.79. The Kier molecular flexibility index (Phi) is 5.56. The van der Waals surface area contributed by atoms with Crippen LogP contribution >= 0.6 is 11.3 Å². The molecule has 1 aliphatic heterocycles. The third-order valence-corrected chi connectivity index (χ3v) is 6.67. The second-order valence-electron chi connectivity index (χ2n) is 5.96. The molecule has 0 bridgehead atoms. The molecule has 0 spiro atoms. The zero-order valence-electron chi connectivity index (χ0n) is 14.3. The van der Waals surface area contributed by atoms with Gasteiger partial charge in [0.1, 0.15) is 5.69 Å². The number of thiophene rings is 1. The van der Waals surface area contributed by atoms with Crippen molar-refractivity contribution in [3.8, 4) is 0 Å². The molecule has 0 aliphatic carbocycles. The highest BCUT2D eigenvalue weighted by atomic mass is 32.2. The third-order valence-electron chi connectivity index (χ3n) is 4.40. The zero-order chi connectivity index (χ0) is 18.7. The Labute approximate surface area is 156 Å². The average Bonchev–Trinajstić information content (AvgIpc) is 3.15. The van der Waals surface area contributed by atoms with Crippen LogP contribution in [0.1, 0.15) is 4.88 Å². The van der Waals surface area contributed by atoms with E-state index in [-0.39, 0.29) is 10.6 Å². The van der Waals surface area contributed by atoms with E-state index in [2.05, 4.69) is 21.1 Å². The maximum atomic E-state index is 11.9. The van der Waals surface area contributed by atoms with Crippen LogP contribution in [0.3, 0.4) is 0 Å². The summed E-state index contributed by atoms with van der Waals surface area (Å²) in [4.78, 5) is 16.4. The fourth-order valence-electron chi connectivity index (χ4n) is 2.97. The van der Waals surface area contributed by atoms with Gasteiger partial charge in [-0.05, 0) is 30.6 Å². The topological polar surface area (TPSA) is 95.8 Å². The molecule has 1 fully saturated rings. The van der Waals surface area contributed by atoms with Crippen molar-refractivity contribution in [1.29, 1.82) is 0 Å². The number of sulfonamides is 1. The van der Waals surface area contributed by atoms with Gasteiger partial charge < -0.3 is 4.90 Å². The average molecular weight is 396 g/mol. The van der Waals surface area contributed by atoms with Crippen LogP contribution < -0.4 is 9.62 Å². The van der Waals surface area contributed by atoms with Crippen molar-refractivity contribution in [1.82, 2.24) is 9.62 Å². The predicted molar refractivity (Wildman–Crippen MR) is 101 cm³/mol. The molecule has 0 radical (unpaired) electrons. The molecular formula is C16H20N4O4S2. The third kappa shape index (κ3) is 4.04. The van der Waals surface area contributed by atoms with Crippen LogP contribution in [0.5, 0.6) is 0 Å². The lowest BCUT2D eigenvalue weighted by atomic mass is 10.2. The summed E-state index contributed by atoms with van der Waals surface area (Å²) in [7, 11) is -2.44. The number of hydrogen-bond donors (Lipinski definition) is 1. The van der Waals surface area contributed by atoms with E-state index in [9.17, 15) is 18.5 Å². The van der Waals surface area contributed by atoms with E-state index in [4.69, 9.17) is 0 Å². The number of nitro groups is 1. The second kappa shape index (κ2) is 7.70. The van der Waals surface area contributed by atoms with Gasteiger partial charge in [0.2, 0.25) is 10.0 Å². The van der Waals surface area contributed by atoms with E-state index >= 15 is 0 Å². The normalized spacial score (nSPS) is 16.0. The van der Waals surface area contributed by atoms with Gasteiger partial charge in [0, 0.05) is 43.7 Å². The van der Waals surface area contributed by atoms with Crippen LogP contribution in [-0.4, -0.2) is 51.5 Å². The van der Waals surface area contributed by atoms with Crippen LogP contribution in [0.25, 0.3) is 0 Å². The molecule has 26 heavy (non-hydrogen) atoms. The van der Waals surface area contributed by atoms with Crippen molar-refractivity contribution < 1.29 is 13.3 Å². The van der Waals surface area contributed by atoms with Crippen LogP contribution in [0.4, 0.5) is 11.4 Å². The van der Waals surface area contributed by atoms with E-state index in [1.54, 1.807) is 11.3 Å². The van der Waals surface area contributed by atoms with E-state index in [1.807, 2.05) is 11.0 Å². The molecule has 2 aromatic rings. The summed E-state index contributed by atoms with van der Waals surface area (Å²) < 4.78 is 26.0. The predicted octanol–water partition coefficient (Wildman–Crippen LogP) is 1.89. The fourth-order valence-corrected chi connectivity index (χ4v) is 4.47. The number of nitrogens with zero attached hydrogens (tertiary/aromatic N) is 3. The van der Waals surface area contributed by atoms with Crippen molar-refractivity contribution in [2.75, 3.05) is 38.1 Å². The first-order valence-electron chi connectivity index (χ1n) is 8.12. The van der Waals surface area contributed by atoms with Gasteiger partial charge in [0.15, 0.2) is 0 Å². The molecule has 8 nitrogen and oxygen atoms in total. The second-order valence-corrected chi connectivity index (χ2v) is 8.88. The van der Waals surface area contributed by atoms with Crippen molar-refractivity contribution in [3.63, 3.8) is 0 Å². The standard InChI is InChI=1S/C16H20N4O4S2/c1-17-26(23,24)14-4-5-15(16(11-14)20(21)22)19-8-6-18(7-9-19)12-13-3-2-10-25-13/h2-5,10-11,17H,6-9,12H2,1H3. The highest BCUT2D eigenvalue weighted by Gasteiger charge is 2.26. The Balaban J connectivity index is 1.76. The van der Waals surface area contributed by atoms with Crippen molar-refractivity contribution >= 4 is 32.7 Å². The lowest BCUT2D eigenvalue weighted by Crippen LogP contribution is -2.46. The number of nitrogens with one attached hydrogen (secondary N) is 1. The first kappa shape index (κ1) is 18.8. The van der Waals surface area contributed by atoms with Gasteiger partial charge in [-0.15, -0.1) is 11.3 Å². The number of hydrogen-bond acceptors (Lipinski definition) is 7. The lowest BCUT2D eigenvalue weighted by Gasteiger charge is -2.35. The molecule has 1 aliphatic rings. The van der Waals surface area contributed by atoms with Crippen LogP contribution in [0, 0.1) is 10.1 Å². The van der Waals surface area contributed by atoms with E-state index in [0.717, 1.165) is 25.7 Å². The highest BCUT2D eigenvalue weighted by molar-refractivity contribution is 7.89. The van der Waals surface area contributed by atoms with Crippen molar-refractivity contribution in [2.45, 2.75) is 11.4 Å². The summed E-state index contributed by atoms with van der Waals surface area (Å²) in [5, 5.41) is 13.5. The quantitative estimate of drug-likeness (QED) is 0.592. The molecule has 10 heteroatoms. The summed E-state index contributed by atoms with van der Waals surface area (Å²) in [6, 6.07) is 8.19. The molecule has 1 aromatic carbocycles. The van der Waals surface area contributed by atoms with Gasteiger partial charge in [-0.1, -0.05) is 6.07 Å². The van der Waals surface area contributed by atoms with E-state index in [1.165, 1.54) is 24.1 Å². The SMILES string of the molecule is CNS(=O)(=O)c1ccc(N2CCN(Cc3cccs3)CC2)c([N+](=O)[O-])c1. The highest BCUT2D eigenvalue weighted by Crippen LogP contribution is 2.31. The maximum Gasteiger partial charge on any atom is 0.293 e. The monoisotopic (exact) mass is 396 g/mol. The largest absolute Gasteiger partial charge is 0.363 e. The Hall–Kier alpha value is -2.01. The summed E-state index contributed by atoms with van der Waals surface area (Å²) in [5.74, 6) is 0. The van der Waals surface area contributed by atoms with Crippen molar-refractivity contribution in [3.05, 3.63) is 50.7 Å². The number of anilines is 1. The molecule has 1 aromatic heterocycles. The molecule has 0 saturated carbocycles. The Morgan fingerprint density at radius 2 is 1.96 bits per heavy atom. The number of benzene rings is 1. The summed E-state index contributed by atoms with van der Waals surface area (Å²) in [6.07, 6.45) is 0. The van der Waals surface area contributed by atoms with Crippen LogP contribution in [0.2, 0.25) is 0 Å². The number of rotatable bonds is 6. The molecule has 1 saturated heterocycles. The first-order chi connectivity index (χ1) is 12.4. The van der Waals surface area contributed by atoms with Gasteiger partial charge in [0.25, 0.3) is 5.69 Å². The molecule has 2 heterocycles. The van der Waals surface area contributed by atoms with Crippen LogP contribution in [0.15, 0.2) is 40.6 Å². The zero-order valence-corrected chi connectivity index (χ0v) is 15.9. The van der Waals surface area contributed by atoms with Crippen LogP contribution in [-0.2, 0) is 16.6 Å². The summed E-state index contributed by atoms with van der Waals surface area (Å²) in [5.41, 5.74) is 0.272. The fraction of sp³-hybridized carbons (Fsp3) is 0.375. The maximum absolute atomic E-state index is 11.9. The summed E-state index contributed by atoms with van der Waals surface area (Å²) >= 11 is 1.72. The van der Waals surface area contributed by atoms with Gasteiger partial charge in [0.05, 0.1) is 9.82 Å². The molecule has 1 N–H and O–H groups in total. The minimum absolute atomic E-state index is 0.105. The van der Waals surface area contributed by atoms with E-state index in [0.29, 0.717) is 18.8 Å². The first-order valence-corrected chi connectivity index (χ1v) is 10.5. The van der Waals surface area contributed by atoms with Gasteiger partial charge >= 0.3 is 0 Å². The molecule has 3 rings (SSSR count). The van der Waals surface area contributed by atoms with Gasteiger partial charge in [-0.2, -0.15) is 0 Å². The van der Waals surface area contributed by atoms with Crippen molar-refractivity contribution in [2.24, 2.45) is 0 Å². The minimum Gasteiger partial charge on any atom is -0.363 e. The Morgan fingerprint density at radius 1 is 1.23 bits per heavy atom. The van der Waals surface area contributed by atoms with Gasteiger partial charge in [-0.25, -0.2) is 13.1 Å². The molecule has 140 valence electrons. The lowest BCUT2D eigenvalue weighted by molar-refractivity contribution is -0.384. The van der Waals surface area contributed by atoms with E-state index < -0.39 is 14.9 Å². The molecule has 0 amide bonds. The smallest absolute Gasteiger partial charge is 0.293 e. The molecule has 0 atom stereocenters. The Morgan fingerprint density at radius 3 is 2.54 bits per heavy atom. The van der Waals surface area contributed by atoms with Gasteiger partial charge in [-0.3, -0.25) is 15.0 Å². The number of nitro benzene ring substituents is 1. The Bertz CT molecular complexity index is 876. The molecule has 0 unspecified atom stereocenters. The minimum atomic E-state index is -3.72.